The zero-order valence-corrected chi connectivity index (χ0v) is 12.0. The highest BCUT2D eigenvalue weighted by Crippen LogP contribution is 2.26. The molecule has 4 heteroatoms. The maximum Gasteiger partial charge on any atom is 0.0509 e. The zero-order chi connectivity index (χ0) is 12.3. The van der Waals surface area contributed by atoms with Gasteiger partial charge in [-0.25, -0.2) is 0 Å². The first-order valence-corrected chi connectivity index (χ1v) is 7.12. The van der Waals surface area contributed by atoms with E-state index in [1.54, 1.807) is 11.3 Å². The number of aryl methyl sites for hydroxylation is 1. The monoisotopic (exact) mass is 310 g/mol. The molecule has 1 aromatic carbocycles. The minimum absolute atomic E-state index is 0.165. The molecule has 0 saturated carbocycles. The Balaban J connectivity index is 2.18. The Morgan fingerprint density at radius 3 is 2.76 bits per heavy atom. The van der Waals surface area contributed by atoms with Crippen LogP contribution in [0.1, 0.15) is 22.0 Å². The van der Waals surface area contributed by atoms with E-state index in [1.165, 1.54) is 16.0 Å². The molecular formula is C13H15BrN2S. The van der Waals surface area contributed by atoms with Gasteiger partial charge in [0.25, 0.3) is 0 Å². The van der Waals surface area contributed by atoms with Gasteiger partial charge in [0.2, 0.25) is 0 Å². The van der Waals surface area contributed by atoms with Crippen molar-refractivity contribution in [1.29, 1.82) is 0 Å². The SMILES string of the molecule is Cc1cc(C(Cc2ccccc2Br)NN)cs1. The molecule has 0 bridgehead atoms. The number of rotatable bonds is 4. The van der Waals surface area contributed by atoms with E-state index in [0.717, 1.165) is 10.9 Å². The number of halogens is 1. The van der Waals surface area contributed by atoms with Crippen LogP contribution in [0.25, 0.3) is 0 Å². The fourth-order valence-corrected chi connectivity index (χ4v) is 3.01. The molecule has 0 aliphatic carbocycles. The molecular weight excluding hydrogens is 296 g/mol. The topological polar surface area (TPSA) is 38.0 Å². The van der Waals surface area contributed by atoms with E-state index >= 15 is 0 Å². The Morgan fingerprint density at radius 1 is 1.41 bits per heavy atom. The molecule has 0 fully saturated rings. The predicted molar refractivity (Wildman–Crippen MR) is 77.0 cm³/mol. The summed E-state index contributed by atoms with van der Waals surface area (Å²) in [6, 6.07) is 10.6. The van der Waals surface area contributed by atoms with E-state index < -0.39 is 0 Å². The van der Waals surface area contributed by atoms with Gasteiger partial charge in [-0.2, -0.15) is 0 Å². The summed E-state index contributed by atoms with van der Waals surface area (Å²) < 4.78 is 1.13. The van der Waals surface area contributed by atoms with E-state index in [-0.39, 0.29) is 6.04 Å². The summed E-state index contributed by atoms with van der Waals surface area (Å²) in [4.78, 5) is 1.31. The summed E-state index contributed by atoms with van der Waals surface area (Å²) in [5.74, 6) is 5.65. The third kappa shape index (κ3) is 3.16. The standard InChI is InChI=1S/C13H15BrN2S/c1-9-6-11(8-17-9)13(16-15)7-10-4-2-3-5-12(10)14/h2-6,8,13,16H,7,15H2,1H3. The highest BCUT2D eigenvalue weighted by atomic mass is 79.9. The molecule has 17 heavy (non-hydrogen) atoms. The average molecular weight is 311 g/mol. The third-order valence-electron chi connectivity index (χ3n) is 2.74. The highest BCUT2D eigenvalue weighted by molar-refractivity contribution is 9.10. The highest BCUT2D eigenvalue weighted by Gasteiger charge is 2.13. The fraction of sp³-hybridized carbons (Fsp3) is 0.231. The second kappa shape index (κ2) is 5.78. The average Bonchev–Trinajstić information content (AvgIpc) is 2.75. The van der Waals surface area contributed by atoms with Crippen molar-refractivity contribution in [2.24, 2.45) is 5.84 Å². The molecule has 0 spiro atoms. The largest absolute Gasteiger partial charge is 0.271 e. The van der Waals surface area contributed by atoms with Crippen LogP contribution in [-0.2, 0) is 6.42 Å². The van der Waals surface area contributed by atoms with Crippen LogP contribution >= 0.6 is 27.3 Å². The number of thiophene rings is 1. The summed E-state index contributed by atoms with van der Waals surface area (Å²) in [6.45, 7) is 2.11. The number of hydrazine groups is 1. The van der Waals surface area contributed by atoms with Gasteiger partial charge in [0.05, 0.1) is 6.04 Å². The number of benzene rings is 1. The quantitative estimate of drug-likeness (QED) is 0.669. The second-order valence-electron chi connectivity index (χ2n) is 4.01. The predicted octanol–water partition coefficient (Wildman–Crippen LogP) is 3.57. The van der Waals surface area contributed by atoms with Crippen molar-refractivity contribution in [2.75, 3.05) is 0 Å². The lowest BCUT2D eigenvalue weighted by atomic mass is 10.0. The van der Waals surface area contributed by atoms with Crippen molar-refractivity contribution in [3.63, 3.8) is 0 Å². The number of hydrogen-bond donors (Lipinski definition) is 2. The van der Waals surface area contributed by atoms with E-state index in [0.29, 0.717) is 0 Å². The Kier molecular flexibility index (Phi) is 4.34. The van der Waals surface area contributed by atoms with Crippen LogP contribution in [0.2, 0.25) is 0 Å². The second-order valence-corrected chi connectivity index (χ2v) is 5.98. The maximum atomic E-state index is 5.65. The van der Waals surface area contributed by atoms with Crippen LogP contribution in [0, 0.1) is 6.92 Å². The smallest absolute Gasteiger partial charge is 0.0509 e. The molecule has 90 valence electrons. The summed E-state index contributed by atoms with van der Waals surface area (Å²) in [5, 5.41) is 2.16. The summed E-state index contributed by atoms with van der Waals surface area (Å²) >= 11 is 5.32. The number of hydrogen-bond acceptors (Lipinski definition) is 3. The fourth-order valence-electron chi connectivity index (χ4n) is 1.80. The van der Waals surface area contributed by atoms with E-state index in [1.807, 2.05) is 12.1 Å². The molecule has 1 unspecified atom stereocenters. The Bertz CT molecular complexity index is 496. The molecule has 0 aliphatic heterocycles. The Labute approximate surface area is 114 Å². The number of nitrogens with one attached hydrogen (secondary N) is 1. The van der Waals surface area contributed by atoms with Crippen LogP contribution in [0.15, 0.2) is 40.2 Å². The zero-order valence-electron chi connectivity index (χ0n) is 9.61. The lowest BCUT2D eigenvalue weighted by Crippen LogP contribution is -2.29. The van der Waals surface area contributed by atoms with Crippen molar-refractivity contribution < 1.29 is 0 Å². The lowest BCUT2D eigenvalue weighted by molar-refractivity contribution is 0.552. The third-order valence-corrected chi connectivity index (χ3v) is 4.39. The van der Waals surface area contributed by atoms with Crippen molar-refractivity contribution in [3.05, 3.63) is 56.2 Å². The van der Waals surface area contributed by atoms with Crippen molar-refractivity contribution >= 4 is 27.3 Å². The van der Waals surface area contributed by atoms with Crippen LogP contribution in [-0.4, -0.2) is 0 Å². The molecule has 2 aromatic rings. The van der Waals surface area contributed by atoms with E-state index in [4.69, 9.17) is 5.84 Å². The van der Waals surface area contributed by atoms with Gasteiger partial charge in [-0.15, -0.1) is 11.3 Å². The van der Waals surface area contributed by atoms with E-state index in [2.05, 4.69) is 51.9 Å². The molecule has 2 nitrogen and oxygen atoms in total. The van der Waals surface area contributed by atoms with Crippen LogP contribution in [0.5, 0.6) is 0 Å². The molecule has 1 aromatic heterocycles. The molecule has 3 N–H and O–H groups in total. The molecule has 0 amide bonds. The first-order chi connectivity index (χ1) is 8.20. The number of nitrogens with two attached hydrogens (primary N) is 1. The van der Waals surface area contributed by atoms with Gasteiger partial charge >= 0.3 is 0 Å². The van der Waals surface area contributed by atoms with Gasteiger partial charge < -0.3 is 0 Å². The minimum Gasteiger partial charge on any atom is -0.271 e. The van der Waals surface area contributed by atoms with Crippen molar-refractivity contribution in [3.8, 4) is 0 Å². The summed E-state index contributed by atoms with van der Waals surface area (Å²) in [5.41, 5.74) is 5.41. The molecule has 0 saturated heterocycles. The van der Waals surface area contributed by atoms with Crippen molar-refractivity contribution in [1.82, 2.24) is 5.43 Å². The van der Waals surface area contributed by atoms with E-state index in [9.17, 15) is 0 Å². The van der Waals surface area contributed by atoms with Gasteiger partial charge in [0.15, 0.2) is 0 Å². The van der Waals surface area contributed by atoms with Gasteiger partial charge in [0, 0.05) is 9.35 Å². The molecule has 0 radical (unpaired) electrons. The molecule has 1 heterocycles. The van der Waals surface area contributed by atoms with Crippen LogP contribution in [0.3, 0.4) is 0 Å². The summed E-state index contributed by atoms with van der Waals surface area (Å²) in [7, 11) is 0. The van der Waals surface area contributed by atoms with Gasteiger partial charge in [0.1, 0.15) is 0 Å². The van der Waals surface area contributed by atoms with Crippen LogP contribution < -0.4 is 11.3 Å². The normalized spacial score (nSPS) is 12.6. The maximum absolute atomic E-state index is 5.65. The minimum atomic E-state index is 0.165. The van der Waals surface area contributed by atoms with Gasteiger partial charge in [-0.1, -0.05) is 34.1 Å². The van der Waals surface area contributed by atoms with Gasteiger partial charge in [-0.3, -0.25) is 11.3 Å². The lowest BCUT2D eigenvalue weighted by Gasteiger charge is -2.15. The molecule has 0 aliphatic rings. The Morgan fingerprint density at radius 2 is 2.18 bits per heavy atom. The van der Waals surface area contributed by atoms with Crippen molar-refractivity contribution in [2.45, 2.75) is 19.4 Å². The molecule has 2 rings (SSSR count). The summed E-state index contributed by atoms with van der Waals surface area (Å²) in [6.07, 6.45) is 0.883. The molecule has 1 atom stereocenters. The Hall–Kier alpha value is -0.680. The van der Waals surface area contributed by atoms with Gasteiger partial charge in [-0.05, 0) is 42.0 Å². The van der Waals surface area contributed by atoms with Crippen LogP contribution in [0.4, 0.5) is 0 Å². The first-order valence-electron chi connectivity index (χ1n) is 5.45. The first kappa shape index (κ1) is 12.8.